The maximum atomic E-state index is 13.4. The zero-order valence-corrected chi connectivity index (χ0v) is 30.5. The van der Waals surface area contributed by atoms with Crippen molar-refractivity contribution in [3.63, 3.8) is 0 Å². The van der Waals surface area contributed by atoms with Crippen molar-refractivity contribution < 1.29 is 38.0 Å². The summed E-state index contributed by atoms with van der Waals surface area (Å²) >= 11 is 0. The SMILES string of the molecule is COc1ccc(CO[C@H]2/C(C)=C/[C@H](C)[C@@H](OC)[C@@H](OC)C[C@H](C)[C@@H](OC)c3cc(OC)cc(c3OC)NC(=O)/C(C)=C/C=C\[C@@H]2C)cc1. The smallest absolute Gasteiger partial charge is 0.251 e. The normalized spacial score (nSPS) is 28.7. The van der Waals surface area contributed by atoms with Crippen LogP contribution in [0.15, 0.2) is 71.8 Å². The molecule has 0 aliphatic carbocycles. The van der Waals surface area contributed by atoms with Crippen LogP contribution in [0.1, 0.15) is 58.3 Å². The molecular weight excluding hydrogens is 610 g/mol. The first-order chi connectivity index (χ1) is 23.0. The van der Waals surface area contributed by atoms with E-state index in [1.165, 1.54) is 0 Å². The lowest BCUT2D eigenvalue weighted by atomic mass is 9.86. The number of benzene rings is 2. The summed E-state index contributed by atoms with van der Waals surface area (Å²) in [5, 5.41) is 3.03. The largest absolute Gasteiger partial charge is 0.497 e. The van der Waals surface area contributed by atoms with Crippen molar-refractivity contribution in [2.75, 3.05) is 48.0 Å². The predicted octanol–water partition coefficient (Wildman–Crippen LogP) is 7.71. The molecule has 0 saturated heterocycles. The lowest BCUT2D eigenvalue weighted by molar-refractivity contribution is -0.112. The average Bonchev–Trinajstić information content (AvgIpc) is 3.08. The van der Waals surface area contributed by atoms with Gasteiger partial charge in [0.1, 0.15) is 17.2 Å². The van der Waals surface area contributed by atoms with Gasteiger partial charge in [0.15, 0.2) is 0 Å². The number of anilines is 1. The topological polar surface area (TPSA) is 93.7 Å². The number of methoxy groups -OCH3 is 6. The molecule has 3 rings (SSSR count). The molecule has 2 aromatic rings. The van der Waals surface area contributed by atoms with Gasteiger partial charge in [0.05, 0.1) is 58.0 Å². The van der Waals surface area contributed by atoms with E-state index in [0.29, 0.717) is 35.8 Å². The number of allylic oxidation sites excluding steroid dienone is 2. The van der Waals surface area contributed by atoms with Gasteiger partial charge in [-0.15, -0.1) is 0 Å². The lowest BCUT2D eigenvalue weighted by Crippen LogP contribution is -2.37. The van der Waals surface area contributed by atoms with Gasteiger partial charge in [0.25, 0.3) is 5.91 Å². The van der Waals surface area contributed by atoms with Crippen LogP contribution in [0.25, 0.3) is 0 Å². The van der Waals surface area contributed by atoms with Crippen molar-refractivity contribution in [3.05, 3.63) is 83.0 Å². The summed E-state index contributed by atoms with van der Waals surface area (Å²) in [5.74, 6) is 1.58. The lowest BCUT2D eigenvalue weighted by Gasteiger charge is -2.34. The molecule has 9 nitrogen and oxygen atoms in total. The molecule has 0 saturated carbocycles. The first-order valence-electron chi connectivity index (χ1n) is 16.4. The molecule has 0 spiro atoms. The molecule has 2 bridgehead atoms. The standard InChI is InChI=1S/C39H55NO8/c1-24-13-12-14-25(2)39(41)40-33-22-31(43-7)21-32(38(33)47-11)36(45-9)28(5)20-34(44-8)37(46-10)27(4)19-26(3)35(24)48-23-29-15-17-30(42-6)18-16-29/h12-19,21-22,24,27-28,34-37H,20,23H2,1-11H3,(H,40,41)/b13-12-,25-14+,26-19+/t24-,27-,28-,34-,35+,36+,37+/m0/s1. The van der Waals surface area contributed by atoms with E-state index in [-0.39, 0.29) is 42.0 Å². The Balaban J connectivity index is 2.10. The highest BCUT2D eigenvalue weighted by Crippen LogP contribution is 2.42. The second kappa shape index (κ2) is 18.8. The van der Waals surface area contributed by atoms with E-state index in [1.54, 1.807) is 61.7 Å². The Morgan fingerprint density at radius 3 is 2.06 bits per heavy atom. The highest BCUT2D eigenvalue weighted by atomic mass is 16.5. The molecule has 1 N–H and O–H groups in total. The summed E-state index contributed by atoms with van der Waals surface area (Å²) in [6, 6.07) is 11.5. The van der Waals surface area contributed by atoms with Crippen LogP contribution < -0.4 is 19.5 Å². The quantitative estimate of drug-likeness (QED) is 0.272. The summed E-state index contributed by atoms with van der Waals surface area (Å²) in [5.41, 5.74) is 3.91. The predicted molar refractivity (Wildman–Crippen MR) is 190 cm³/mol. The van der Waals surface area contributed by atoms with Crippen LogP contribution in [0.2, 0.25) is 0 Å². The second-order valence-electron chi connectivity index (χ2n) is 12.5. The molecule has 0 fully saturated rings. The van der Waals surface area contributed by atoms with E-state index in [1.807, 2.05) is 36.4 Å². The maximum Gasteiger partial charge on any atom is 0.251 e. The number of amides is 1. The van der Waals surface area contributed by atoms with Gasteiger partial charge < -0.3 is 38.5 Å². The fourth-order valence-corrected chi connectivity index (χ4v) is 6.48. The molecule has 0 aromatic heterocycles. The van der Waals surface area contributed by atoms with E-state index in [0.717, 1.165) is 22.4 Å². The van der Waals surface area contributed by atoms with Crippen molar-refractivity contribution in [3.8, 4) is 17.2 Å². The molecule has 2 aromatic carbocycles. The van der Waals surface area contributed by atoms with Crippen molar-refractivity contribution in [2.45, 2.75) is 72.1 Å². The van der Waals surface area contributed by atoms with E-state index in [9.17, 15) is 4.79 Å². The maximum absolute atomic E-state index is 13.4. The van der Waals surface area contributed by atoms with E-state index < -0.39 is 6.10 Å². The number of carbonyl (C=O) groups excluding carboxylic acids is 1. The zero-order valence-electron chi connectivity index (χ0n) is 30.5. The van der Waals surface area contributed by atoms with Crippen LogP contribution in [0.4, 0.5) is 5.69 Å². The molecular formula is C39H55NO8. The molecule has 264 valence electrons. The molecule has 0 radical (unpaired) electrons. The number of fused-ring (bicyclic) bond motifs is 2. The monoisotopic (exact) mass is 665 g/mol. The second-order valence-corrected chi connectivity index (χ2v) is 12.5. The number of nitrogens with one attached hydrogen (secondary N) is 1. The van der Waals surface area contributed by atoms with Crippen molar-refractivity contribution in [1.82, 2.24) is 0 Å². The summed E-state index contributed by atoms with van der Waals surface area (Å²) in [6.45, 7) is 10.7. The highest BCUT2D eigenvalue weighted by molar-refractivity contribution is 6.04. The Bertz CT molecular complexity index is 1420. The van der Waals surface area contributed by atoms with Crippen molar-refractivity contribution in [2.24, 2.45) is 17.8 Å². The van der Waals surface area contributed by atoms with Gasteiger partial charge in [-0.3, -0.25) is 4.79 Å². The van der Waals surface area contributed by atoms with Crippen LogP contribution in [-0.2, 0) is 30.3 Å². The molecule has 0 unspecified atom stereocenters. The summed E-state index contributed by atoms with van der Waals surface area (Å²) in [4.78, 5) is 13.4. The number of hydrogen-bond donors (Lipinski definition) is 1. The van der Waals surface area contributed by atoms with Gasteiger partial charge >= 0.3 is 0 Å². The summed E-state index contributed by atoms with van der Waals surface area (Å²) in [6.07, 6.45) is 7.51. The number of rotatable bonds is 9. The third-order valence-corrected chi connectivity index (χ3v) is 9.08. The molecule has 48 heavy (non-hydrogen) atoms. The van der Waals surface area contributed by atoms with Crippen LogP contribution >= 0.6 is 0 Å². The van der Waals surface area contributed by atoms with Gasteiger partial charge in [-0.1, -0.05) is 57.2 Å². The van der Waals surface area contributed by atoms with Crippen LogP contribution in [0, 0.1) is 17.8 Å². The minimum Gasteiger partial charge on any atom is -0.497 e. The number of ether oxygens (including phenoxy) is 7. The van der Waals surface area contributed by atoms with Crippen molar-refractivity contribution >= 4 is 11.6 Å². The number of hydrogen-bond acceptors (Lipinski definition) is 8. The molecule has 1 aliphatic heterocycles. The molecule has 7 atom stereocenters. The Morgan fingerprint density at radius 1 is 0.792 bits per heavy atom. The van der Waals surface area contributed by atoms with Crippen molar-refractivity contribution in [1.29, 1.82) is 0 Å². The minimum atomic E-state index is -0.397. The van der Waals surface area contributed by atoms with Gasteiger partial charge in [0.2, 0.25) is 0 Å². The molecule has 1 aliphatic rings. The Hall–Kier alpha value is -3.63. The third kappa shape index (κ3) is 9.95. The third-order valence-electron chi connectivity index (χ3n) is 9.08. The Labute approximate surface area is 287 Å². The zero-order chi connectivity index (χ0) is 35.4. The van der Waals surface area contributed by atoms with Gasteiger partial charge in [-0.05, 0) is 55.5 Å². The summed E-state index contributed by atoms with van der Waals surface area (Å²) in [7, 11) is 9.94. The van der Waals surface area contributed by atoms with Crippen LogP contribution in [-0.4, -0.2) is 66.9 Å². The fraction of sp³-hybridized carbons (Fsp3) is 0.513. The van der Waals surface area contributed by atoms with E-state index >= 15 is 0 Å². The number of carbonyl (C=O) groups is 1. The van der Waals surface area contributed by atoms with Gasteiger partial charge in [-0.25, -0.2) is 0 Å². The first-order valence-corrected chi connectivity index (χ1v) is 16.4. The first kappa shape index (κ1) is 38.8. The molecule has 1 heterocycles. The fourth-order valence-electron chi connectivity index (χ4n) is 6.48. The van der Waals surface area contributed by atoms with E-state index in [2.05, 4.69) is 45.2 Å². The minimum absolute atomic E-state index is 0.000384. The van der Waals surface area contributed by atoms with E-state index in [4.69, 9.17) is 33.2 Å². The molecule has 9 heteroatoms. The Morgan fingerprint density at radius 2 is 1.48 bits per heavy atom. The van der Waals surface area contributed by atoms with Crippen LogP contribution in [0.5, 0.6) is 17.2 Å². The highest BCUT2D eigenvalue weighted by Gasteiger charge is 2.33. The van der Waals surface area contributed by atoms with Gasteiger partial charge in [-0.2, -0.15) is 0 Å². The van der Waals surface area contributed by atoms with Crippen LogP contribution in [0.3, 0.4) is 0 Å². The average molecular weight is 666 g/mol. The molecule has 1 amide bonds. The Kier molecular flexibility index (Phi) is 15.2. The summed E-state index contributed by atoms with van der Waals surface area (Å²) < 4.78 is 41.7. The van der Waals surface area contributed by atoms with Gasteiger partial charge in [0, 0.05) is 50.4 Å².